The summed E-state index contributed by atoms with van der Waals surface area (Å²) < 4.78 is 5.71. The molecule has 0 unspecified atom stereocenters. The molecule has 0 amide bonds. The minimum atomic E-state index is 0.440. The van der Waals surface area contributed by atoms with Gasteiger partial charge in [0.25, 0.3) is 0 Å². The first-order valence-corrected chi connectivity index (χ1v) is 5.71. The molecule has 1 rings (SSSR count). The summed E-state index contributed by atoms with van der Waals surface area (Å²) in [7, 11) is 1.99. The van der Waals surface area contributed by atoms with Gasteiger partial charge in [-0.15, -0.1) is 0 Å². The normalized spacial score (nSPS) is 24.4. The van der Waals surface area contributed by atoms with Crippen molar-refractivity contribution in [2.75, 3.05) is 39.8 Å². The van der Waals surface area contributed by atoms with Gasteiger partial charge in [0.1, 0.15) is 0 Å². The Balaban J connectivity index is 2.21. The predicted molar refractivity (Wildman–Crippen MR) is 59.6 cm³/mol. The van der Waals surface area contributed by atoms with Gasteiger partial charge < -0.3 is 10.1 Å². The lowest BCUT2D eigenvalue weighted by atomic mass is 10.1. The highest BCUT2D eigenvalue weighted by Crippen LogP contribution is 2.09. The van der Waals surface area contributed by atoms with Crippen LogP contribution in [0.5, 0.6) is 0 Å². The summed E-state index contributed by atoms with van der Waals surface area (Å²) in [6, 6.07) is 0. The van der Waals surface area contributed by atoms with Crippen LogP contribution in [0.1, 0.15) is 20.3 Å². The maximum Gasteiger partial charge on any atom is 0.0714 e. The van der Waals surface area contributed by atoms with Gasteiger partial charge in [-0.3, -0.25) is 4.90 Å². The Bertz CT molecular complexity index is 150. The monoisotopic (exact) mass is 200 g/mol. The zero-order chi connectivity index (χ0) is 10.4. The Morgan fingerprint density at radius 2 is 2.29 bits per heavy atom. The topological polar surface area (TPSA) is 24.5 Å². The fraction of sp³-hybridized carbons (Fsp3) is 1.00. The molecule has 1 N–H and O–H groups in total. The quantitative estimate of drug-likeness (QED) is 0.715. The third-order valence-corrected chi connectivity index (χ3v) is 2.56. The number of nitrogens with one attached hydrogen (secondary N) is 1. The van der Waals surface area contributed by atoms with Crippen molar-refractivity contribution >= 4 is 0 Å². The smallest absolute Gasteiger partial charge is 0.0714 e. The first kappa shape index (κ1) is 12.0. The molecule has 0 bridgehead atoms. The Labute approximate surface area is 87.8 Å². The summed E-state index contributed by atoms with van der Waals surface area (Å²) in [6.45, 7) is 9.94. The standard InChI is InChI=1S/C11H24N2O/c1-10(2)8-13-6-7-14-11(9-13)4-5-12-3/h10-12H,4-9H2,1-3H3/t11-/m1/s1. The summed E-state index contributed by atoms with van der Waals surface area (Å²) >= 11 is 0. The molecule has 0 aliphatic carbocycles. The fourth-order valence-electron chi connectivity index (χ4n) is 1.94. The highest BCUT2D eigenvalue weighted by atomic mass is 16.5. The maximum atomic E-state index is 5.71. The van der Waals surface area contributed by atoms with E-state index in [2.05, 4.69) is 24.1 Å². The van der Waals surface area contributed by atoms with E-state index >= 15 is 0 Å². The largest absolute Gasteiger partial charge is 0.376 e. The second kappa shape index (κ2) is 6.38. The second-order valence-corrected chi connectivity index (χ2v) is 4.54. The molecule has 84 valence electrons. The van der Waals surface area contributed by atoms with Gasteiger partial charge in [-0.2, -0.15) is 0 Å². The Morgan fingerprint density at radius 1 is 1.50 bits per heavy atom. The summed E-state index contributed by atoms with van der Waals surface area (Å²) in [6.07, 6.45) is 1.57. The van der Waals surface area contributed by atoms with Crippen molar-refractivity contribution < 1.29 is 4.74 Å². The molecule has 1 aliphatic rings. The summed E-state index contributed by atoms with van der Waals surface area (Å²) in [4.78, 5) is 2.52. The van der Waals surface area contributed by atoms with E-state index in [4.69, 9.17) is 4.74 Å². The number of hydrogen-bond donors (Lipinski definition) is 1. The van der Waals surface area contributed by atoms with Gasteiger partial charge in [-0.1, -0.05) is 13.8 Å². The zero-order valence-corrected chi connectivity index (χ0v) is 9.75. The van der Waals surface area contributed by atoms with Crippen molar-refractivity contribution in [2.24, 2.45) is 5.92 Å². The molecule has 0 radical (unpaired) electrons. The molecular weight excluding hydrogens is 176 g/mol. The minimum Gasteiger partial charge on any atom is -0.376 e. The van der Waals surface area contributed by atoms with E-state index in [0.717, 1.165) is 38.6 Å². The SMILES string of the molecule is CNCC[C@@H]1CN(CC(C)C)CCO1. The van der Waals surface area contributed by atoms with Gasteiger partial charge in [-0.05, 0) is 25.9 Å². The van der Waals surface area contributed by atoms with Crippen molar-refractivity contribution in [1.29, 1.82) is 0 Å². The van der Waals surface area contributed by atoms with E-state index in [9.17, 15) is 0 Å². The molecule has 0 saturated carbocycles. The van der Waals surface area contributed by atoms with Crippen LogP contribution in [-0.4, -0.2) is 50.8 Å². The van der Waals surface area contributed by atoms with Crippen LogP contribution in [0.2, 0.25) is 0 Å². The Morgan fingerprint density at radius 3 is 2.93 bits per heavy atom. The number of morpholine rings is 1. The molecule has 14 heavy (non-hydrogen) atoms. The van der Waals surface area contributed by atoms with Crippen LogP contribution in [0, 0.1) is 5.92 Å². The van der Waals surface area contributed by atoms with Gasteiger partial charge >= 0.3 is 0 Å². The lowest BCUT2D eigenvalue weighted by Crippen LogP contribution is -2.44. The van der Waals surface area contributed by atoms with Crippen LogP contribution in [0.25, 0.3) is 0 Å². The molecule has 0 aromatic heterocycles. The molecular formula is C11H24N2O. The highest BCUT2D eigenvalue weighted by molar-refractivity contribution is 4.72. The highest BCUT2D eigenvalue weighted by Gasteiger charge is 2.19. The van der Waals surface area contributed by atoms with Crippen molar-refractivity contribution in [3.63, 3.8) is 0 Å². The van der Waals surface area contributed by atoms with E-state index in [1.165, 1.54) is 6.54 Å². The lowest BCUT2D eigenvalue weighted by molar-refractivity contribution is -0.0344. The van der Waals surface area contributed by atoms with E-state index in [-0.39, 0.29) is 0 Å². The zero-order valence-electron chi connectivity index (χ0n) is 9.75. The number of ether oxygens (including phenoxy) is 1. The molecule has 1 saturated heterocycles. The molecule has 1 heterocycles. The van der Waals surface area contributed by atoms with Crippen LogP contribution < -0.4 is 5.32 Å². The van der Waals surface area contributed by atoms with Gasteiger partial charge in [-0.25, -0.2) is 0 Å². The molecule has 3 nitrogen and oxygen atoms in total. The third-order valence-electron chi connectivity index (χ3n) is 2.56. The first-order valence-electron chi connectivity index (χ1n) is 5.71. The van der Waals surface area contributed by atoms with E-state index < -0.39 is 0 Å². The number of hydrogen-bond acceptors (Lipinski definition) is 3. The average molecular weight is 200 g/mol. The van der Waals surface area contributed by atoms with E-state index in [1.54, 1.807) is 0 Å². The van der Waals surface area contributed by atoms with Crippen molar-refractivity contribution in [2.45, 2.75) is 26.4 Å². The molecule has 0 aromatic carbocycles. The summed E-state index contributed by atoms with van der Waals surface area (Å²) in [5.41, 5.74) is 0. The Hall–Kier alpha value is -0.120. The molecule has 1 atom stereocenters. The third kappa shape index (κ3) is 4.40. The Kier molecular flexibility index (Phi) is 5.45. The molecule has 3 heteroatoms. The summed E-state index contributed by atoms with van der Waals surface area (Å²) in [5.74, 6) is 0.762. The van der Waals surface area contributed by atoms with Crippen LogP contribution >= 0.6 is 0 Å². The number of nitrogens with zero attached hydrogens (tertiary/aromatic N) is 1. The maximum absolute atomic E-state index is 5.71. The fourth-order valence-corrected chi connectivity index (χ4v) is 1.94. The number of rotatable bonds is 5. The molecule has 1 fully saturated rings. The van der Waals surface area contributed by atoms with Crippen LogP contribution in [0.4, 0.5) is 0 Å². The van der Waals surface area contributed by atoms with Crippen LogP contribution in [0.3, 0.4) is 0 Å². The van der Waals surface area contributed by atoms with E-state index in [1.807, 2.05) is 7.05 Å². The van der Waals surface area contributed by atoms with E-state index in [0.29, 0.717) is 6.10 Å². The lowest BCUT2D eigenvalue weighted by Gasteiger charge is -2.33. The van der Waals surface area contributed by atoms with Crippen LogP contribution in [0.15, 0.2) is 0 Å². The van der Waals surface area contributed by atoms with Gasteiger partial charge in [0.15, 0.2) is 0 Å². The van der Waals surface area contributed by atoms with Crippen molar-refractivity contribution in [3.05, 3.63) is 0 Å². The molecule has 1 aliphatic heterocycles. The van der Waals surface area contributed by atoms with Gasteiger partial charge in [0, 0.05) is 19.6 Å². The molecule has 0 aromatic rings. The minimum absolute atomic E-state index is 0.440. The summed E-state index contributed by atoms with van der Waals surface area (Å²) in [5, 5.41) is 3.17. The second-order valence-electron chi connectivity index (χ2n) is 4.54. The van der Waals surface area contributed by atoms with Gasteiger partial charge in [0.2, 0.25) is 0 Å². The predicted octanol–water partition coefficient (Wildman–Crippen LogP) is 0.953. The van der Waals surface area contributed by atoms with Crippen LogP contribution in [-0.2, 0) is 4.74 Å². The van der Waals surface area contributed by atoms with Gasteiger partial charge in [0.05, 0.1) is 12.7 Å². The average Bonchev–Trinajstić information content (AvgIpc) is 2.14. The van der Waals surface area contributed by atoms with Crippen molar-refractivity contribution in [3.8, 4) is 0 Å². The van der Waals surface area contributed by atoms with Crippen molar-refractivity contribution in [1.82, 2.24) is 10.2 Å². The first-order chi connectivity index (χ1) is 6.72. The molecule has 0 spiro atoms.